The normalized spacial score (nSPS) is 15.5. The van der Waals surface area contributed by atoms with Gasteiger partial charge in [0.2, 0.25) is 0 Å². The lowest BCUT2D eigenvalue weighted by Gasteiger charge is -2.22. The fourth-order valence-electron chi connectivity index (χ4n) is 5.18. The van der Waals surface area contributed by atoms with E-state index in [0.29, 0.717) is 47.6 Å². The molecule has 4 aromatic rings. The summed E-state index contributed by atoms with van der Waals surface area (Å²) in [5, 5.41) is 11.4. The lowest BCUT2D eigenvalue weighted by atomic mass is 10.0. The predicted octanol–water partition coefficient (Wildman–Crippen LogP) is 4.53. The first-order valence-corrected chi connectivity index (χ1v) is 16.0. The Kier molecular flexibility index (Phi) is 11.4. The number of amides is 3. The van der Waals surface area contributed by atoms with Crippen molar-refractivity contribution in [1.82, 2.24) is 20.6 Å². The molecule has 6 rings (SSSR count). The Morgan fingerprint density at radius 1 is 0.756 bits per heavy atom. The van der Waals surface area contributed by atoms with E-state index in [2.05, 4.69) is 25.9 Å². The number of nitrogens with zero attached hydrogens (tertiary/aromatic N) is 2. The van der Waals surface area contributed by atoms with Gasteiger partial charge in [-0.1, -0.05) is 18.2 Å². The minimum absolute atomic E-state index is 0.199. The number of nitrogens with two attached hydrogens (primary N) is 1. The van der Waals surface area contributed by atoms with E-state index in [4.69, 9.17) is 15.2 Å². The third-order valence-electron chi connectivity index (χ3n) is 7.83. The van der Waals surface area contributed by atoms with E-state index in [1.165, 1.54) is 11.3 Å². The number of pyridine rings is 2. The molecule has 11 nitrogen and oxygen atoms in total. The summed E-state index contributed by atoms with van der Waals surface area (Å²) in [6, 6.07) is 14.6. The Balaban J connectivity index is 0.000000201. The Morgan fingerprint density at radius 2 is 1.33 bits per heavy atom. The number of aromatic nitrogens is 2. The fraction of sp³-hybridized carbons (Fsp3) is 0.364. The lowest BCUT2D eigenvalue weighted by Crippen LogP contribution is -2.33. The molecule has 0 atom stereocenters. The highest BCUT2D eigenvalue weighted by Crippen LogP contribution is 2.27. The third kappa shape index (κ3) is 8.84. The highest BCUT2D eigenvalue weighted by molar-refractivity contribution is 7.17. The second kappa shape index (κ2) is 16.1. The van der Waals surface area contributed by atoms with Crippen molar-refractivity contribution in [3.05, 3.63) is 83.3 Å². The van der Waals surface area contributed by atoms with Crippen LogP contribution in [-0.2, 0) is 9.47 Å². The van der Waals surface area contributed by atoms with E-state index in [-0.39, 0.29) is 23.4 Å². The molecule has 2 saturated heterocycles. The maximum atomic E-state index is 12.8. The van der Waals surface area contributed by atoms with Gasteiger partial charge in [0, 0.05) is 67.4 Å². The Bertz CT molecular complexity index is 1600. The van der Waals surface area contributed by atoms with Gasteiger partial charge in [0.15, 0.2) is 11.4 Å². The van der Waals surface area contributed by atoms with E-state index in [9.17, 15) is 14.4 Å². The van der Waals surface area contributed by atoms with Gasteiger partial charge in [-0.25, -0.2) is 9.97 Å². The summed E-state index contributed by atoms with van der Waals surface area (Å²) >= 11 is 1.52. The molecule has 2 aliphatic rings. The number of carbonyl (C=O) groups is 3. The maximum absolute atomic E-state index is 12.8. The molecule has 5 N–H and O–H groups in total. The molecule has 0 aliphatic carbocycles. The molecule has 1 aromatic carbocycles. The number of benzene rings is 1. The molecular formula is C33H38N6O5S. The van der Waals surface area contributed by atoms with Gasteiger partial charge in [-0.05, 0) is 67.9 Å². The Hall–Kier alpha value is -4.39. The van der Waals surface area contributed by atoms with Crippen molar-refractivity contribution in [2.24, 2.45) is 11.8 Å². The van der Waals surface area contributed by atoms with Gasteiger partial charge in [-0.2, -0.15) is 0 Å². The van der Waals surface area contributed by atoms with E-state index in [1.54, 1.807) is 36.7 Å². The summed E-state index contributed by atoms with van der Waals surface area (Å²) in [6.45, 7) is 4.29. The number of anilines is 2. The number of hydrogen-bond donors (Lipinski definition) is 4. The van der Waals surface area contributed by atoms with Gasteiger partial charge >= 0.3 is 0 Å². The standard InChI is InChI=1S/C21H21N3O3S.C12H17N3O2/c25-20(16-13-28-18-6-2-1-4-15(16)18)24-17-5-3-9-22-19(17)21(26)23-12-14-7-10-27-11-8-14;13-10-2-1-5-14-11(10)12(16)15-8-9-3-6-17-7-4-9/h1-6,9,13-14H,7-8,10-12H2,(H,23,26)(H,24,25);1-2,5,9H,3-4,6-8,13H2,(H,15,16). The number of carbonyl (C=O) groups excluding carboxylic acids is 3. The van der Waals surface area contributed by atoms with Gasteiger partial charge in [0.05, 0.1) is 16.9 Å². The minimum Gasteiger partial charge on any atom is -0.397 e. The van der Waals surface area contributed by atoms with Crippen LogP contribution in [0, 0.1) is 11.8 Å². The average molecular weight is 631 g/mol. The number of fused-ring (bicyclic) bond motifs is 1. The van der Waals surface area contributed by atoms with Crippen molar-refractivity contribution in [3.63, 3.8) is 0 Å². The van der Waals surface area contributed by atoms with Crippen LogP contribution < -0.4 is 21.7 Å². The summed E-state index contributed by atoms with van der Waals surface area (Å²) in [4.78, 5) is 45.4. The molecule has 236 valence electrons. The van der Waals surface area contributed by atoms with Crippen LogP contribution in [0.4, 0.5) is 11.4 Å². The first-order valence-electron chi connectivity index (χ1n) is 15.1. The van der Waals surface area contributed by atoms with Crippen molar-refractivity contribution < 1.29 is 23.9 Å². The zero-order valence-electron chi connectivity index (χ0n) is 25.0. The zero-order chi connectivity index (χ0) is 31.4. The highest BCUT2D eigenvalue weighted by atomic mass is 32.1. The molecule has 0 spiro atoms. The van der Waals surface area contributed by atoms with Crippen molar-refractivity contribution in [2.75, 3.05) is 50.6 Å². The van der Waals surface area contributed by atoms with Gasteiger partial charge < -0.3 is 31.2 Å². The molecule has 2 aliphatic heterocycles. The van der Waals surface area contributed by atoms with E-state index >= 15 is 0 Å². The SMILES string of the molecule is Nc1cccnc1C(=O)NCC1CCOCC1.O=C(NCC1CCOCC1)c1ncccc1NC(=O)c1csc2ccccc12. The van der Waals surface area contributed by atoms with Crippen molar-refractivity contribution in [1.29, 1.82) is 0 Å². The fourth-order valence-corrected chi connectivity index (χ4v) is 6.12. The Labute approximate surface area is 265 Å². The first-order chi connectivity index (χ1) is 22.0. The molecule has 12 heteroatoms. The van der Waals surface area contributed by atoms with Crippen LogP contribution in [0.1, 0.15) is 57.0 Å². The quantitative estimate of drug-likeness (QED) is 0.221. The molecule has 2 fully saturated rings. The van der Waals surface area contributed by atoms with Gasteiger partial charge in [0.25, 0.3) is 17.7 Å². The summed E-state index contributed by atoms with van der Waals surface area (Å²) in [5.41, 5.74) is 7.64. The summed E-state index contributed by atoms with van der Waals surface area (Å²) in [6.07, 6.45) is 7.00. The zero-order valence-corrected chi connectivity index (χ0v) is 25.8. The number of nitrogens with one attached hydrogen (secondary N) is 3. The Morgan fingerprint density at radius 3 is 1.98 bits per heavy atom. The van der Waals surface area contributed by atoms with Crippen LogP contribution in [0.3, 0.4) is 0 Å². The molecule has 3 aromatic heterocycles. The van der Waals surface area contributed by atoms with Crippen molar-refractivity contribution in [2.45, 2.75) is 25.7 Å². The summed E-state index contributed by atoms with van der Waals surface area (Å²) in [7, 11) is 0. The third-order valence-corrected chi connectivity index (χ3v) is 8.80. The molecule has 0 saturated carbocycles. The average Bonchev–Trinajstić information content (AvgIpc) is 3.52. The predicted molar refractivity (Wildman–Crippen MR) is 174 cm³/mol. The van der Waals surface area contributed by atoms with Gasteiger partial charge in [0.1, 0.15) is 0 Å². The number of hydrogen-bond acceptors (Lipinski definition) is 9. The van der Waals surface area contributed by atoms with E-state index < -0.39 is 0 Å². The number of ether oxygens (including phenoxy) is 2. The minimum atomic E-state index is -0.280. The van der Waals surface area contributed by atoms with Crippen LogP contribution in [0.25, 0.3) is 10.1 Å². The smallest absolute Gasteiger partial charge is 0.272 e. The maximum Gasteiger partial charge on any atom is 0.272 e. The van der Waals surface area contributed by atoms with Gasteiger partial charge in [-0.15, -0.1) is 11.3 Å². The number of thiophene rings is 1. The van der Waals surface area contributed by atoms with Crippen LogP contribution in [0.15, 0.2) is 66.3 Å². The molecule has 0 unspecified atom stereocenters. The summed E-state index contributed by atoms with van der Waals surface area (Å²) in [5.74, 6) is 0.186. The molecule has 0 radical (unpaired) electrons. The second-order valence-electron chi connectivity index (χ2n) is 11.0. The van der Waals surface area contributed by atoms with Crippen LogP contribution >= 0.6 is 11.3 Å². The molecule has 5 heterocycles. The molecular weight excluding hydrogens is 592 g/mol. The van der Waals surface area contributed by atoms with E-state index in [0.717, 1.165) is 62.2 Å². The molecule has 3 amide bonds. The number of nitrogen functional groups attached to an aromatic ring is 1. The van der Waals surface area contributed by atoms with Crippen molar-refractivity contribution >= 4 is 50.5 Å². The van der Waals surface area contributed by atoms with Crippen LogP contribution in [0.2, 0.25) is 0 Å². The lowest BCUT2D eigenvalue weighted by molar-refractivity contribution is 0.0642. The topological polar surface area (TPSA) is 158 Å². The largest absolute Gasteiger partial charge is 0.397 e. The monoisotopic (exact) mass is 630 g/mol. The second-order valence-corrected chi connectivity index (χ2v) is 11.9. The molecule has 0 bridgehead atoms. The van der Waals surface area contributed by atoms with Crippen LogP contribution in [0.5, 0.6) is 0 Å². The van der Waals surface area contributed by atoms with Crippen molar-refractivity contribution in [3.8, 4) is 0 Å². The first kappa shape index (κ1) is 32.0. The van der Waals surface area contributed by atoms with Gasteiger partial charge in [-0.3, -0.25) is 14.4 Å². The molecule has 45 heavy (non-hydrogen) atoms. The van der Waals surface area contributed by atoms with Crippen LogP contribution in [-0.4, -0.2) is 67.2 Å². The summed E-state index contributed by atoms with van der Waals surface area (Å²) < 4.78 is 11.7. The number of rotatable bonds is 8. The highest BCUT2D eigenvalue weighted by Gasteiger charge is 2.20. The van der Waals surface area contributed by atoms with E-state index in [1.807, 2.05) is 29.6 Å².